The maximum Gasteiger partial charge on any atom is 0.306 e. The summed E-state index contributed by atoms with van der Waals surface area (Å²) in [7, 11) is 0. The quantitative estimate of drug-likeness (QED) is 0.674. The summed E-state index contributed by atoms with van der Waals surface area (Å²) in [5.74, 6) is -0.833. The van der Waals surface area contributed by atoms with Gasteiger partial charge in [0, 0.05) is 30.1 Å². The largest absolute Gasteiger partial charge is 0.465 e. The first-order valence-corrected chi connectivity index (χ1v) is 8.55. The molecule has 0 spiro atoms. The van der Waals surface area contributed by atoms with Crippen LogP contribution < -0.4 is 0 Å². The van der Waals surface area contributed by atoms with Gasteiger partial charge in [-0.15, -0.1) is 0 Å². The van der Waals surface area contributed by atoms with Gasteiger partial charge in [0.25, 0.3) is 0 Å². The zero-order chi connectivity index (χ0) is 19.3. The Labute approximate surface area is 150 Å². The lowest BCUT2D eigenvalue weighted by molar-refractivity contribution is -0.151. The Balaban J connectivity index is 2.53. The van der Waals surface area contributed by atoms with Gasteiger partial charge in [-0.1, -0.05) is 27.7 Å². The van der Waals surface area contributed by atoms with E-state index < -0.39 is 22.7 Å². The van der Waals surface area contributed by atoms with Crippen molar-refractivity contribution in [3.05, 3.63) is 30.1 Å². The van der Waals surface area contributed by atoms with Crippen LogP contribution in [0.1, 0.15) is 53.5 Å². The minimum atomic E-state index is -0.782. The third-order valence-corrected chi connectivity index (χ3v) is 4.12. The highest BCUT2D eigenvalue weighted by molar-refractivity contribution is 5.89. The average molecular weight is 347 g/mol. The van der Waals surface area contributed by atoms with E-state index in [-0.39, 0.29) is 31.0 Å². The Hall–Kier alpha value is -2.04. The molecule has 0 saturated carbocycles. The third-order valence-electron chi connectivity index (χ3n) is 4.12. The predicted molar refractivity (Wildman–Crippen MR) is 95.9 cm³/mol. The highest BCUT2D eigenvalue weighted by Gasteiger charge is 2.31. The second-order valence-corrected chi connectivity index (χ2v) is 8.22. The molecule has 1 atom stereocenters. The number of esters is 1. The number of aromatic nitrogens is 1. The minimum absolute atomic E-state index is 0.00613. The molecule has 0 amide bonds. The molecule has 0 fully saturated rings. The topological polar surface area (TPSA) is 73.3 Å². The molecule has 1 unspecified atom stereocenters. The summed E-state index contributed by atoms with van der Waals surface area (Å²) in [6, 6.07) is 3.58. The smallest absolute Gasteiger partial charge is 0.306 e. The van der Waals surface area contributed by atoms with E-state index in [1.807, 2.05) is 20.8 Å². The monoisotopic (exact) mass is 347 g/mol. The summed E-state index contributed by atoms with van der Waals surface area (Å²) in [6.45, 7) is 10.7. The number of Topliss-reactive ketones (excluding diaryl/α,β-unsaturated/α-hetero) is 2. The number of hydrogen-bond donors (Lipinski definition) is 0. The molecule has 0 aliphatic rings. The van der Waals surface area contributed by atoms with Gasteiger partial charge in [-0.25, -0.2) is 0 Å². The maximum atomic E-state index is 12.4. The molecule has 1 rings (SSSR count). The number of rotatable bonds is 8. The van der Waals surface area contributed by atoms with Gasteiger partial charge >= 0.3 is 5.97 Å². The Morgan fingerprint density at radius 2 is 1.64 bits per heavy atom. The summed E-state index contributed by atoms with van der Waals surface area (Å²) < 4.78 is 5.27. The zero-order valence-corrected chi connectivity index (χ0v) is 16.1. The first kappa shape index (κ1) is 21.0. The van der Waals surface area contributed by atoms with Gasteiger partial charge in [0.1, 0.15) is 18.2 Å². The molecule has 0 saturated heterocycles. The molecule has 25 heavy (non-hydrogen) atoms. The SMILES string of the molecule is CC(CC(=O)OCC(C)(C)C(=O)Cc1ccncc1)C(=O)C(C)(C)C. The van der Waals surface area contributed by atoms with Gasteiger partial charge in [0.15, 0.2) is 0 Å². The van der Waals surface area contributed by atoms with Crippen molar-refractivity contribution in [3.8, 4) is 0 Å². The van der Waals surface area contributed by atoms with E-state index in [1.54, 1.807) is 45.3 Å². The molecule has 0 bridgehead atoms. The number of ketones is 2. The van der Waals surface area contributed by atoms with Gasteiger partial charge in [-0.05, 0) is 31.5 Å². The molecule has 1 aromatic rings. The lowest BCUT2D eigenvalue weighted by Gasteiger charge is -2.24. The highest BCUT2D eigenvalue weighted by Crippen LogP contribution is 2.23. The fourth-order valence-corrected chi connectivity index (χ4v) is 2.41. The van der Waals surface area contributed by atoms with E-state index in [4.69, 9.17) is 4.74 Å². The van der Waals surface area contributed by atoms with Crippen LogP contribution in [0.5, 0.6) is 0 Å². The molecule has 1 heterocycles. The van der Waals surface area contributed by atoms with Gasteiger partial charge in [-0.3, -0.25) is 19.4 Å². The van der Waals surface area contributed by atoms with Crippen LogP contribution >= 0.6 is 0 Å². The Bertz CT molecular complexity index is 614. The van der Waals surface area contributed by atoms with Crippen molar-refractivity contribution in [3.63, 3.8) is 0 Å². The predicted octanol–water partition coefficient (Wildman–Crippen LogP) is 3.40. The van der Waals surface area contributed by atoms with Crippen LogP contribution in [0.25, 0.3) is 0 Å². The molecule has 0 aliphatic heterocycles. The zero-order valence-electron chi connectivity index (χ0n) is 16.1. The summed E-state index contributed by atoms with van der Waals surface area (Å²) in [6.07, 6.45) is 3.59. The van der Waals surface area contributed by atoms with E-state index in [2.05, 4.69) is 4.98 Å². The second-order valence-electron chi connectivity index (χ2n) is 8.22. The van der Waals surface area contributed by atoms with Crippen LogP contribution in [-0.4, -0.2) is 29.1 Å². The van der Waals surface area contributed by atoms with Crippen LogP contribution in [-0.2, 0) is 25.5 Å². The van der Waals surface area contributed by atoms with Gasteiger partial charge in [0.05, 0.1) is 11.8 Å². The summed E-state index contributed by atoms with van der Waals surface area (Å²) in [5.41, 5.74) is -0.390. The number of ether oxygens (including phenoxy) is 1. The number of hydrogen-bond acceptors (Lipinski definition) is 5. The Morgan fingerprint density at radius 1 is 1.08 bits per heavy atom. The van der Waals surface area contributed by atoms with Crippen molar-refractivity contribution in [2.24, 2.45) is 16.7 Å². The van der Waals surface area contributed by atoms with Gasteiger partial charge < -0.3 is 4.74 Å². The second kappa shape index (κ2) is 8.37. The lowest BCUT2D eigenvalue weighted by atomic mass is 9.82. The third kappa shape index (κ3) is 6.77. The Kier molecular flexibility index (Phi) is 7.03. The summed E-state index contributed by atoms with van der Waals surface area (Å²) in [5, 5.41) is 0. The van der Waals surface area contributed by atoms with Crippen molar-refractivity contribution >= 4 is 17.5 Å². The molecule has 5 heteroatoms. The van der Waals surface area contributed by atoms with E-state index in [0.717, 1.165) is 5.56 Å². The van der Waals surface area contributed by atoms with Crippen LogP contribution in [0.4, 0.5) is 0 Å². The molecule has 5 nitrogen and oxygen atoms in total. The van der Waals surface area contributed by atoms with Crippen molar-refractivity contribution in [2.45, 2.75) is 54.4 Å². The molecule has 0 N–H and O–H groups in total. The van der Waals surface area contributed by atoms with E-state index in [1.165, 1.54) is 0 Å². The molecular formula is C20H29NO4. The minimum Gasteiger partial charge on any atom is -0.465 e. The van der Waals surface area contributed by atoms with Gasteiger partial charge in [0.2, 0.25) is 0 Å². The highest BCUT2D eigenvalue weighted by atomic mass is 16.5. The first-order valence-electron chi connectivity index (χ1n) is 8.55. The number of nitrogens with zero attached hydrogens (tertiary/aromatic N) is 1. The molecular weight excluding hydrogens is 318 g/mol. The van der Waals surface area contributed by atoms with Crippen molar-refractivity contribution in [2.75, 3.05) is 6.61 Å². The molecule has 0 aliphatic carbocycles. The van der Waals surface area contributed by atoms with Crippen molar-refractivity contribution in [1.29, 1.82) is 0 Å². The molecule has 0 radical (unpaired) electrons. The first-order chi connectivity index (χ1) is 11.4. The lowest BCUT2D eigenvalue weighted by Crippen LogP contribution is -2.33. The van der Waals surface area contributed by atoms with Crippen LogP contribution in [0, 0.1) is 16.7 Å². The maximum absolute atomic E-state index is 12.4. The van der Waals surface area contributed by atoms with Crippen LogP contribution in [0.2, 0.25) is 0 Å². The summed E-state index contributed by atoms with van der Waals surface area (Å²) in [4.78, 5) is 40.5. The van der Waals surface area contributed by atoms with E-state index >= 15 is 0 Å². The molecule has 1 aromatic heterocycles. The number of pyridine rings is 1. The van der Waals surface area contributed by atoms with E-state index in [9.17, 15) is 14.4 Å². The average Bonchev–Trinajstić information content (AvgIpc) is 2.52. The molecule has 138 valence electrons. The van der Waals surface area contributed by atoms with Gasteiger partial charge in [-0.2, -0.15) is 0 Å². The van der Waals surface area contributed by atoms with Crippen molar-refractivity contribution < 1.29 is 19.1 Å². The van der Waals surface area contributed by atoms with Crippen molar-refractivity contribution in [1.82, 2.24) is 4.98 Å². The Morgan fingerprint density at radius 3 is 2.16 bits per heavy atom. The number of carbonyl (C=O) groups is 3. The van der Waals surface area contributed by atoms with Crippen LogP contribution in [0.3, 0.4) is 0 Å². The van der Waals surface area contributed by atoms with E-state index in [0.29, 0.717) is 0 Å². The molecule has 0 aromatic carbocycles. The normalized spacial score (nSPS) is 13.2. The summed E-state index contributed by atoms with van der Waals surface area (Å²) >= 11 is 0. The number of carbonyl (C=O) groups excluding carboxylic acids is 3. The fraction of sp³-hybridized carbons (Fsp3) is 0.600. The standard InChI is InChI=1S/C20H29NO4/c1-14(18(24)19(2,3)4)11-17(23)25-13-20(5,6)16(22)12-15-7-9-21-10-8-15/h7-10,14H,11-13H2,1-6H3. The van der Waals surface area contributed by atoms with Crippen LogP contribution in [0.15, 0.2) is 24.5 Å². The fourth-order valence-electron chi connectivity index (χ4n) is 2.41.